The lowest BCUT2D eigenvalue weighted by Crippen LogP contribution is -2.45. The fourth-order valence-corrected chi connectivity index (χ4v) is 3.67. The number of amides is 1. The van der Waals surface area contributed by atoms with Crippen molar-refractivity contribution >= 4 is 11.7 Å². The molecule has 1 amide bonds. The van der Waals surface area contributed by atoms with Gasteiger partial charge in [0.2, 0.25) is 0 Å². The maximum Gasteiger partial charge on any atom is 0.251 e. The van der Waals surface area contributed by atoms with Crippen LogP contribution >= 0.6 is 0 Å². The second-order valence-electron chi connectivity index (χ2n) is 7.19. The molecule has 1 aromatic carbocycles. The molecule has 1 saturated heterocycles. The van der Waals surface area contributed by atoms with Crippen LogP contribution in [0.5, 0.6) is 0 Å². The number of hydrogen-bond acceptors (Lipinski definition) is 5. The summed E-state index contributed by atoms with van der Waals surface area (Å²) in [6, 6.07) is 13.5. The Balaban J connectivity index is 1.42. The molecule has 0 aliphatic carbocycles. The van der Waals surface area contributed by atoms with Crippen LogP contribution in [-0.2, 0) is 0 Å². The quantitative estimate of drug-likeness (QED) is 0.723. The second kappa shape index (κ2) is 8.70. The van der Waals surface area contributed by atoms with Crippen molar-refractivity contribution in [2.45, 2.75) is 18.9 Å². The molecule has 0 bridgehead atoms. The summed E-state index contributed by atoms with van der Waals surface area (Å²) >= 11 is 0. The molecule has 1 N–H and O–H groups in total. The van der Waals surface area contributed by atoms with Crippen molar-refractivity contribution in [3.05, 3.63) is 78.0 Å². The number of carbonyl (C=O) groups is 1. The Morgan fingerprint density at radius 1 is 1.10 bits per heavy atom. The van der Waals surface area contributed by atoms with Gasteiger partial charge in [-0.1, -0.05) is 0 Å². The maximum absolute atomic E-state index is 14.1. The molecule has 0 atom stereocenters. The van der Waals surface area contributed by atoms with E-state index in [2.05, 4.69) is 26.3 Å². The number of nitrogens with one attached hydrogen (secondary N) is 1. The predicted octanol–water partition coefficient (Wildman–Crippen LogP) is 3.55. The van der Waals surface area contributed by atoms with E-state index in [1.54, 1.807) is 48.9 Å². The average Bonchev–Trinajstić information content (AvgIpc) is 2.79. The van der Waals surface area contributed by atoms with Gasteiger partial charge in [-0.3, -0.25) is 9.78 Å². The molecule has 0 saturated carbocycles. The molecule has 6 nitrogen and oxygen atoms in total. The van der Waals surface area contributed by atoms with Gasteiger partial charge in [-0.05, 0) is 66.4 Å². The van der Waals surface area contributed by atoms with E-state index in [-0.39, 0.29) is 11.9 Å². The zero-order valence-corrected chi connectivity index (χ0v) is 16.3. The van der Waals surface area contributed by atoms with E-state index in [1.807, 2.05) is 0 Å². The number of benzene rings is 1. The Bertz CT molecular complexity index is 1090. The third-order valence-corrected chi connectivity index (χ3v) is 5.21. The molecule has 2 aromatic heterocycles. The normalized spacial score (nSPS) is 14.2. The first-order valence-corrected chi connectivity index (χ1v) is 9.76. The van der Waals surface area contributed by atoms with Gasteiger partial charge < -0.3 is 10.2 Å². The molecule has 1 aliphatic heterocycles. The second-order valence-corrected chi connectivity index (χ2v) is 7.19. The van der Waals surface area contributed by atoms with Crippen LogP contribution in [0, 0.1) is 17.1 Å². The Kier molecular flexibility index (Phi) is 5.66. The number of halogens is 1. The van der Waals surface area contributed by atoms with Crippen molar-refractivity contribution in [2.24, 2.45) is 0 Å². The Morgan fingerprint density at radius 2 is 1.87 bits per heavy atom. The topological polar surface area (TPSA) is 81.9 Å². The number of nitrogens with zero attached hydrogens (tertiary/aromatic N) is 4. The van der Waals surface area contributed by atoms with Gasteiger partial charge >= 0.3 is 0 Å². The maximum atomic E-state index is 14.1. The number of carbonyl (C=O) groups excluding carboxylic acids is 1. The van der Waals surface area contributed by atoms with Gasteiger partial charge in [-0.25, -0.2) is 9.37 Å². The number of pyridine rings is 2. The third kappa shape index (κ3) is 4.28. The Morgan fingerprint density at radius 3 is 2.60 bits per heavy atom. The number of hydrogen-bond donors (Lipinski definition) is 1. The molecule has 3 aromatic rings. The first-order valence-electron chi connectivity index (χ1n) is 9.76. The zero-order chi connectivity index (χ0) is 20.9. The summed E-state index contributed by atoms with van der Waals surface area (Å²) in [4.78, 5) is 23.1. The molecular weight excluding hydrogens is 381 g/mol. The van der Waals surface area contributed by atoms with Gasteiger partial charge in [0.05, 0.1) is 5.56 Å². The van der Waals surface area contributed by atoms with Crippen molar-refractivity contribution in [3.63, 3.8) is 0 Å². The van der Waals surface area contributed by atoms with E-state index in [1.165, 1.54) is 12.1 Å². The Labute approximate surface area is 174 Å². The number of anilines is 1. The van der Waals surface area contributed by atoms with Crippen molar-refractivity contribution in [2.75, 3.05) is 18.0 Å². The summed E-state index contributed by atoms with van der Waals surface area (Å²) in [5.74, 6) is -0.0702. The molecule has 0 unspecified atom stereocenters. The summed E-state index contributed by atoms with van der Waals surface area (Å²) in [7, 11) is 0. The summed E-state index contributed by atoms with van der Waals surface area (Å²) in [5, 5.41) is 12.3. The largest absolute Gasteiger partial charge is 0.355 e. The van der Waals surface area contributed by atoms with E-state index in [4.69, 9.17) is 0 Å². The van der Waals surface area contributed by atoms with E-state index in [9.17, 15) is 14.4 Å². The van der Waals surface area contributed by atoms with Crippen molar-refractivity contribution in [3.8, 4) is 17.2 Å². The number of rotatable bonds is 4. The van der Waals surface area contributed by atoms with Crippen LogP contribution in [-0.4, -0.2) is 35.0 Å². The minimum Gasteiger partial charge on any atom is -0.355 e. The summed E-state index contributed by atoms with van der Waals surface area (Å²) < 4.78 is 14.1. The van der Waals surface area contributed by atoms with Gasteiger partial charge in [0, 0.05) is 43.3 Å². The van der Waals surface area contributed by atoms with E-state index in [0.29, 0.717) is 35.6 Å². The van der Waals surface area contributed by atoms with Crippen molar-refractivity contribution in [1.82, 2.24) is 15.3 Å². The fourth-order valence-electron chi connectivity index (χ4n) is 3.67. The molecule has 30 heavy (non-hydrogen) atoms. The molecule has 1 fully saturated rings. The van der Waals surface area contributed by atoms with E-state index < -0.39 is 5.82 Å². The summed E-state index contributed by atoms with van der Waals surface area (Å²) in [5.41, 5.74) is 2.27. The molecule has 1 aliphatic rings. The van der Waals surface area contributed by atoms with Crippen LogP contribution in [0.4, 0.5) is 10.2 Å². The highest BCUT2D eigenvalue weighted by molar-refractivity contribution is 5.95. The highest BCUT2D eigenvalue weighted by atomic mass is 19.1. The van der Waals surface area contributed by atoms with Gasteiger partial charge in [0.25, 0.3) is 5.91 Å². The minimum atomic E-state index is -0.455. The lowest BCUT2D eigenvalue weighted by atomic mass is 10.0. The molecule has 0 radical (unpaired) electrons. The van der Waals surface area contributed by atoms with Gasteiger partial charge in [-0.15, -0.1) is 0 Å². The van der Waals surface area contributed by atoms with Crippen LogP contribution in [0.1, 0.15) is 28.8 Å². The van der Waals surface area contributed by atoms with Crippen LogP contribution < -0.4 is 10.2 Å². The highest BCUT2D eigenvalue weighted by Gasteiger charge is 2.23. The number of aromatic nitrogens is 2. The van der Waals surface area contributed by atoms with E-state index in [0.717, 1.165) is 18.4 Å². The predicted molar refractivity (Wildman–Crippen MR) is 111 cm³/mol. The first kappa shape index (κ1) is 19.5. The van der Waals surface area contributed by atoms with E-state index >= 15 is 0 Å². The minimum absolute atomic E-state index is 0.0179. The molecule has 150 valence electrons. The van der Waals surface area contributed by atoms with Crippen LogP contribution in [0.25, 0.3) is 11.1 Å². The van der Waals surface area contributed by atoms with Gasteiger partial charge in [-0.2, -0.15) is 5.26 Å². The first-order chi connectivity index (χ1) is 14.6. The van der Waals surface area contributed by atoms with Gasteiger partial charge in [0.1, 0.15) is 17.7 Å². The molecule has 7 heteroatoms. The van der Waals surface area contributed by atoms with Crippen LogP contribution in [0.2, 0.25) is 0 Å². The van der Waals surface area contributed by atoms with Crippen LogP contribution in [0.3, 0.4) is 0 Å². The van der Waals surface area contributed by atoms with Crippen molar-refractivity contribution < 1.29 is 9.18 Å². The molecular formula is C23H20FN5O. The standard InChI is InChI=1S/C23H20FN5O/c24-20-13-18(16-3-8-26-9-4-16)12-19(14-20)23(30)28-21-5-10-29(11-6-21)22-17(15-25)2-1-7-27-22/h1-4,7-9,12-14,21H,5-6,10-11H2,(H,28,30). The van der Waals surface area contributed by atoms with Crippen molar-refractivity contribution in [1.29, 1.82) is 5.26 Å². The third-order valence-electron chi connectivity index (χ3n) is 5.21. The number of nitriles is 1. The monoisotopic (exact) mass is 401 g/mol. The number of piperidine rings is 1. The van der Waals surface area contributed by atoms with Crippen LogP contribution in [0.15, 0.2) is 61.1 Å². The fraction of sp³-hybridized carbons (Fsp3) is 0.217. The summed E-state index contributed by atoms with van der Waals surface area (Å²) in [6.45, 7) is 1.37. The Hall–Kier alpha value is -3.79. The molecule has 4 rings (SSSR count). The van der Waals surface area contributed by atoms with Gasteiger partial charge in [0.15, 0.2) is 0 Å². The lowest BCUT2D eigenvalue weighted by molar-refractivity contribution is 0.0930. The summed E-state index contributed by atoms with van der Waals surface area (Å²) in [6.07, 6.45) is 6.38. The average molecular weight is 401 g/mol. The molecule has 3 heterocycles. The highest BCUT2D eigenvalue weighted by Crippen LogP contribution is 2.23. The molecule has 0 spiro atoms. The SMILES string of the molecule is N#Cc1cccnc1N1CCC(NC(=O)c2cc(F)cc(-c3ccncc3)c2)CC1. The smallest absolute Gasteiger partial charge is 0.251 e. The zero-order valence-electron chi connectivity index (χ0n) is 16.3. The lowest BCUT2D eigenvalue weighted by Gasteiger charge is -2.33.